The maximum absolute atomic E-state index is 4.93. The minimum absolute atomic E-state index is 0.513. The predicted molar refractivity (Wildman–Crippen MR) is 281 cm³/mol. The summed E-state index contributed by atoms with van der Waals surface area (Å²) in [5.41, 5.74) is 17.4. The van der Waals surface area contributed by atoms with Crippen molar-refractivity contribution in [2.75, 3.05) is 0 Å². The monoisotopic (exact) mass is 964 g/mol. The van der Waals surface area contributed by atoms with Gasteiger partial charge in [0.2, 0.25) is 0 Å². The van der Waals surface area contributed by atoms with Crippen molar-refractivity contribution in [1.29, 1.82) is 0 Å². The van der Waals surface area contributed by atoms with Crippen molar-refractivity contribution in [1.82, 2.24) is 0 Å². The van der Waals surface area contributed by atoms with Gasteiger partial charge in [-0.3, -0.25) is 0 Å². The van der Waals surface area contributed by atoms with E-state index in [9.17, 15) is 0 Å². The van der Waals surface area contributed by atoms with Crippen LogP contribution in [0, 0.1) is 0 Å². The van der Waals surface area contributed by atoms with E-state index in [0.717, 1.165) is 9.52 Å². The van der Waals surface area contributed by atoms with Gasteiger partial charge in [0, 0.05) is 9.52 Å². The molecule has 0 amide bonds. The van der Waals surface area contributed by atoms with Crippen LogP contribution < -0.4 is 0 Å². The predicted octanol–water partition coefficient (Wildman–Crippen LogP) is 20.0. The van der Waals surface area contributed by atoms with Gasteiger partial charge in [-0.25, -0.2) is 0 Å². The van der Waals surface area contributed by atoms with Crippen molar-refractivity contribution >= 4 is 48.1 Å². The van der Waals surface area contributed by atoms with Gasteiger partial charge in [0.1, 0.15) is 0 Å². The molecule has 0 aliphatic rings. The Kier molecular flexibility index (Phi) is 23.3. The third-order valence-electron chi connectivity index (χ3n) is 12.0. The number of rotatable bonds is 14. The number of unbranched alkanes of at least 4 members (excludes halogenated alkanes) is 2. The van der Waals surface area contributed by atoms with Gasteiger partial charge in [-0.05, 0) is 81.7 Å². The molecule has 6 rings (SSSR count). The Morgan fingerprint density at radius 2 is 0.758 bits per heavy atom. The summed E-state index contributed by atoms with van der Waals surface area (Å²) < 4.78 is 0. The summed E-state index contributed by atoms with van der Waals surface area (Å²) in [6.45, 7) is 36.6. The molecule has 0 spiro atoms. The molecule has 0 N–H and O–H groups in total. The fourth-order valence-electron chi connectivity index (χ4n) is 8.35. The fraction of sp³-hybridized carbons (Fsp3) is 0.483. The van der Waals surface area contributed by atoms with Gasteiger partial charge >= 0.3 is 37.9 Å². The zero-order valence-electron chi connectivity index (χ0n) is 41.5. The molecular formula is C58H80Cl2SiZr. The number of hydrogen-bond acceptors (Lipinski definition) is 0. The molecule has 0 heterocycles. The average Bonchev–Trinajstić information content (AvgIpc) is 3.85. The van der Waals surface area contributed by atoms with Crippen LogP contribution in [-0.2, 0) is 33.7 Å². The van der Waals surface area contributed by atoms with Crippen LogP contribution in [0.15, 0.2) is 84.9 Å². The SMILES string of the molecule is CCCCc1cc2c(-c3cc(C(C)C)cc(C(C)C)c3)c(C(C)C)ccc2[cH-]1.CCCCc1cc2c(-c3cc(C(C)C)cc(C(C)C)c3)c(C(C)C)ccc2[cH-]1.C[Si]C.[Cl][Zr+2][Cl]. The van der Waals surface area contributed by atoms with Crippen molar-refractivity contribution in [3.05, 3.63) is 129 Å². The Balaban J connectivity index is 0.000000293. The minimum atomic E-state index is -0.826. The van der Waals surface area contributed by atoms with Crippen LogP contribution in [0.4, 0.5) is 0 Å². The van der Waals surface area contributed by atoms with Gasteiger partial charge in [0.15, 0.2) is 0 Å². The van der Waals surface area contributed by atoms with Crippen molar-refractivity contribution in [3.8, 4) is 22.3 Å². The van der Waals surface area contributed by atoms with Crippen molar-refractivity contribution in [2.45, 2.75) is 184 Å². The van der Waals surface area contributed by atoms with Crippen LogP contribution in [0.5, 0.6) is 0 Å². The molecular weight excluding hydrogens is 887 g/mol. The van der Waals surface area contributed by atoms with E-state index in [1.165, 1.54) is 127 Å². The first-order valence-electron chi connectivity index (χ1n) is 23.8. The van der Waals surface area contributed by atoms with Crippen LogP contribution in [0.1, 0.15) is 203 Å². The van der Waals surface area contributed by atoms with E-state index < -0.39 is 20.8 Å². The quantitative estimate of drug-likeness (QED) is 0.0754. The number of halogens is 2. The number of benzene rings is 4. The second kappa shape index (κ2) is 26.7. The average molecular weight is 967 g/mol. The standard InChI is InChI=1S/2C28H37.C2H6Si.2ClH.Zr/c2*1-8-9-10-21-13-22-11-12-26(20(6)7)28(27(22)14-21)25-16-23(18(2)3)15-24(17-25)19(4)5;1-3-2;;;/h2*11-20H,8-10H2,1-7H3;1-2H3;2*1H;/q2*-1;;;;+4/p-2. The fourth-order valence-corrected chi connectivity index (χ4v) is 8.35. The molecule has 0 aromatic heterocycles. The molecule has 334 valence electrons. The number of fused-ring (bicyclic) bond motifs is 2. The molecule has 62 heavy (non-hydrogen) atoms. The summed E-state index contributed by atoms with van der Waals surface area (Å²) >= 11 is -0.826. The molecule has 0 aliphatic carbocycles. The van der Waals surface area contributed by atoms with Crippen LogP contribution in [-0.4, -0.2) is 9.52 Å². The summed E-state index contributed by atoms with van der Waals surface area (Å²) in [6, 6.07) is 33.7. The third-order valence-corrected chi connectivity index (χ3v) is 12.0. The summed E-state index contributed by atoms with van der Waals surface area (Å²) in [7, 11) is 11.0. The third kappa shape index (κ3) is 14.9. The second-order valence-corrected chi connectivity index (χ2v) is 24.0. The van der Waals surface area contributed by atoms with Gasteiger partial charge < -0.3 is 0 Å². The summed E-state index contributed by atoms with van der Waals surface area (Å²) in [5.74, 6) is 3.19. The maximum atomic E-state index is 4.93. The first-order chi connectivity index (χ1) is 29.5. The molecule has 0 aliphatic heterocycles. The van der Waals surface area contributed by atoms with E-state index in [0.29, 0.717) is 35.5 Å². The van der Waals surface area contributed by atoms with Crippen LogP contribution in [0.25, 0.3) is 43.8 Å². The second-order valence-electron chi connectivity index (χ2n) is 19.3. The first kappa shape index (κ1) is 54.1. The van der Waals surface area contributed by atoms with Crippen LogP contribution in [0.3, 0.4) is 0 Å². The van der Waals surface area contributed by atoms with E-state index in [1.54, 1.807) is 0 Å². The summed E-state index contributed by atoms with van der Waals surface area (Å²) in [4.78, 5) is 0. The van der Waals surface area contributed by atoms with Crippen LogP contribution in [0.2, 0.25) is 13.1 Å². The Morgan fingerprint density at radius 1 is 0.468 bits per heavy atom. The van der Waals surface area contributed by atoms with Gasteiger partial charge in [-0.2, -0.15) is 12.1 Å². The van der Waals surface area contributed by atoms with Gasteiger partial charge in [0.05, 0.1) is 0 Å². The molecule has 0 saturated carbocycles. The molecule has 6 aromatic rings. The number of hydrogen-bond donors (Lipinski definition) is 0. The first-order valence-corrected chi connectivity index (χ1v) is 32.1. The molecule has 2 radical (unpaired) electrons. The Morgan fingerprint density at radius 3 is 1.00 bits per heavy atom. The molecule has 0 atom stereocenters. The molecule has 0 fully saturated rings. The molecule has 4 heteroatoms. The molecule has 0 saturated heterocycles. The van der Waals surface area contributed by atoms with E-state index in [1.807, 2.05) is 0 Å². The zero-order chi connectivity index (χ0) is 46.3. The van der Waals surface area contributed by atoms with Gasteiger partial charge in [0.25, 0.3) is 0 Å². The number of aryl methyl sites for hydroxylation is 2. The van der Waals surface area contributed by atoms with Gasteiger partial charge in [-0.1, -0.05) is 194 Å². The molecule has 0 bridgehead atoms. The Labute approximate surface area is 401 Å². The van der Waals surface area contributed by atoms with E-state index in [2.05, 4.69) is 195 Å². The van der Waals surface area contributed by atoms with E-state index in [-0.39, 0.29) is 0 Å². The topological polar surface area (TPSA) is 0 Å². The Bertz CT molecular complexity index is 2030. The van der Waals surface area contributed by atoms with Crippen molar-refractivity contribution in [3.63, 3.8) is 0 Å². The zero-order valence-corrected chi connectivity index (χ0v) is 46.5. The van der Waals surface area contributed by atoms with E-state index >= 15 is 0 Å². The van der Waals surface area contributed by atoms with Crippen LogP contribution >= 0.6 is 17.0 Å². The van der Waals surface area contributed by atoms with E-state index in [4.69, 9.17) is 17.0 Å². The molecule has 0 unspecified atom stereocenters. The van der Waals surface area contributed by atoms with Crippen molar-refractivity contribution < 1.29 is 20.8 Å². The Hall–Kier alpha value is -2.22. The van der Waals surface area contributed by atoms with Crippen molar-refractivity contribution in [2.24, 2.45) is 0 Å². The van der Waals surface area contributed by atoms with Gasteiger partial charge in [-0.15, -0.1) is 69.1 Å². The molecule has 6 aromatic carbocycles. The summed E-state index contributed by atoms with van der Waals surface area (Å²) in [5, 5.41) is 5.67. The molecule has 0 nitrogen and oxygen atoms in total. The normalized spacial score (nSPS) is 11.4. The summed E-state index contributed by atoms with van der Waals surface area (Å²) in [6.07, 6.45) is 7.40.